The topological polar surface area (TPSA) is 26.3 Å². The highest BCUT2D eigenvalue weighted by molar-refractivity contribution is 6.25. The number of fused-ring (bicyclic) bond motifs is 9. The van der Waals surface area contributed by atoms with Crippen molar-refractivity contribution >= 4 is 71.5 Å². The Hall–Kier alpha value is -6.38. The minimum atomic E-state index is 0.880. The average molecular weight is 639 g/mol. The Morgan fingerprint density at radius 2 is 1.00 bits per heavy atom. The van der Waals surface area contributed by atoms with Crippen LogP contribution >= 0.6 is 0 Å². The molecule has 8 aromatic carbocycles. The van der Waals surface area contributed by atoms with E-state index in [-0.39, 0.29) is 0 Å². The van der Waals surface area contributed by atoms with Crippen molar-refractivity contribution in [2.45, 2.75) is 12.8 Å². The van der Waals surface area contributed by atoms with E-state index in [4.69, 9.17) is 8.83 Å². The van der Waals surface area contributed by atoms with Gasteiger partial charge >= 0.3 is 0 Å². The van der Waals surface area contributed by atoms with E-state index in [0.717, 1.165) is 62.3 Å². The van der Waals surface area contributed by atoms with E-state index >= 15 is 0 Å². The van der Waals surface area contributed by atoms with E-state index in [2.05, 4.69) is 146 Å². The largest absolute Gasteiger partial charge is 0.455 e. The van der Waals surface area contributed by atoms with Crippen LogP contribution in [0.4, 0.5) is 0 Å². The quantitative estimate of drug-likeness (QED) is 0.192. The van der Waals surface area contributed by atoms with Gasteiger partial charge in [0.15, 0.2) is 0 Å². The van der Waals surface area contributed by atoms with Gasteiger partial charge in [0.1, 0.15) is 22.3 Å². The molecule has 0 saturated carbocycles. The van der Waals surface area contributed by atoms with Crippen molar-refractivity contribution in [3.05, 3.63) is 163 Å². The second-order valence-electron chi connectivity index (χ2n) is 13.4. The Morgan fingerprint density at radius 1 is 0.420 bits per heavy atom. The first-order valence-corrected chi connectivity index (χ1v) is 17.4. The molecule has 10 aromatic rings. The van der Waals surface area contributed by atoms with E-state index in [0.29, 0.717) is 0 Å². The van der Waals surface area contributed by atoms with E-state index in [1.807, 2.05) is 12.1 Å². The summed E-state index contributed by atoms with van der Waals surface area (Å²) in [6, 6.07) is 52.3. The fraction of sp³-hybridized carbons (Fsp3) is 0.0417. The smallest absolute Gasteiger partial charge is 0.147 e. The third kappa shape index (κ3) is 3.90. The molecule has 0 amide bonds. The molecule has 0 atom stereocenters. The van der Waals surface area contributed by atoms with Crippen LogP contribution in [0, 0.1) is 0 Å². The molecule has 2 nitrogen and oxygen atoms in total. The molecule has 0 bridgehead atoms. The normalized spacial score (nSPS) is 13.0. The van der Waals surface area contributed by atoms with Gasteiger partial charge in [-0.05, 0) is 92.0 Å². The van der Waals surface area contributed by atoms with Crippen LogP contribution in [0.1, 0.15) is 17.5 Å². The zero-order valence-corrected chi connectivity index (χ0v) is 27.2. The second-order valence-corrected chi connectivity index (χ2v) is 13.4. The minimum absolute atomic E-state index is 0.880. The summed E-state index contributed by atoms with van der Waals surface area (Å²) < 4.78 is 13.6. The average Bonchev–Trinajstić information content (AvgIpc) is 3.74. The van der Waals surface area contributed by atoms with Crippen molar-refractivity contribution in [3.8, 4) is 33.4 Å². The molecule has 11 rings (SSSR count). The van der Waals surface area contributed by atoms with Crippen molar-refractivity contribution in [2.75, 3.05) is 0 Å². The number of rotatable bonds is 3. The molecule has 0 spiro atoms. The van der Waals surface area contributed by atoms with Crippen LogP contribution in [-0.2, 0) is 6.42 Å². The molecule has 50 heavy (non-hydrogen) atoms. The monoisotopic (exact) mass is 638 g/mol. The van der Waals surface area contributed by atoms with Crippen molar-refractivity contribution in [3.63, 3.8) is 0 Å². The summed E-state index contributed by atoms with van der Waals surface area (Å²) in [5, 5.41) is 9.43. The first-order chi connectivity index (χ1) is 24.8. The highest BCUT2D eigenvalue weighted by atomic mass is 16.3. The molecule has 0 radical (unpaired) electrons. The standard InChI is InChI=1S/C48H30O2/c1-2-17-32-29(13-1)14-12-24-33(32)30-15-11-16-31(27-30)44-36-20-3-5-22-38(36)45(39-23-6-4-21-37(39)44)46-47-40(34-18-7-9-25-42(34)49-47)28-41-35-19-8-10-26-43(35)50-48(41)46/h1-5,7-22,24-28H,6,23H2. The van der Waals surface area contributed by atoms with Crippen LogP contribution in [-0.4, -0.2) is 0 Å². The van der Waals surface area contributed by atoms with Gasteiger partial charge in [-0.2, -0.15) is 0 Å². The number of para-hydroxylation sites is 2. The molecule has 2 heteroatoms. The lowest BCUT2D eigenvalue weighted by Crippen LogP contribution is -2.03. The second kappa shape index (κ2) is 10.6. The third-order valence-corrected chi connectivity index (χ3v) is 10.7. The lowest BCUT2D eigenvalue weighted by molar-refractivity contribution is 0.658. The molecule has 2 aromatic heterocycles. The first kappa shape index (κ1) is 27.6. The van der Waals surface area contributed by atoms with E-state index in [9.17, 15) is 0 Å². The van der Waals surface area contributed by atoms with Crippen LogP contribution in [0.5, 0.6) is 0 Å². The molecule has 0 aliphatic heterocycles. The van der Waals surface area contributed by atoms with Crippen LogP contribution in [0.15, 0.2) is 161 Å². The lowest BCUT2D eigenvalue weighted by atomic mass is 9.79. The summed E-state index contributed by atoms with van der Waals surface area (Å²) in [7, 11) is 0. The predicted octanol–water partition coefficient (Wildman–Crippen LogP) is 13.8. The molecule has 0 N–H and O–H groups in total. The summed E-state index contributed by atoms with van der Waals surface area (Å²) >= 11 is 0. The van der Waals surface area contributed by atoms with E-state index < -0.39 is 0 Å². The van der Waals surface area contributed by atoms with Crippen LogP contribution in [0.2, 0.25) is 0 Å². The summed E-state index contributed by atoms with van der Waals surface area (Å²) in [5.74, 6) is 0. The summed E-state index contributed by atoms with van der Waals surface area (Å²) in [4.78, 5) is 0. The Labute approximate surface area is 288 Å². The fourth-order valence-electron chi connectivity index (χ4n) is 8.56. The molecular formula is C48H30O2. The number of benzene rings is 8. The van der Waals surface area contributed by atoms with Gasteiger partial charge in [0, 0.05) is 27.1 Å². The molecule has 0 unspecified atom stereocenters. The van der Waals surface area contributed by atoms with Crippen LogP contribution in [0.3, 0.4) is 0 Å². The van der Waals surface area contributed by atoms with Gasteiger partial charge in [-0.1, -0.05) is 133 Å². The number of hydrogen-bond acceptors (Lipinski definition) is 2. The zero-order chi connectivity index (χ0) is 32.8. The number of hydrogen-bond donors (Lipinski definition) is 0. The molecular weight excluding hydrogens is 609 g/mol. The van der Waals surface area contributed by atoms with Gasteiger partial charge in [-0.3, -0.25) is 0 Å². The van der Waals surface area contributed by atoms with Gasteiger partial charge in [0.2, 0.25) is 0 Å². The van der Waals surface area contributed by atoms with Crippen molar-refractivity contribution < 1.29 is 8.83 Å². The van der Waals surface area contributed by atoms with Gasteiger partial charge in [-0.25, -0.2) is 0 Å². The molecule has 234 valence electrons. The van der Waals surface area contributed by atoms with Crippen molar-refractivity contribution in [1.82, 2.24) is 0 Å². The Morgan fingerprint density at radius 3 is 1.74 bits per heavy atom. The lowest BCUT2D eigenvalue weighted by Gasteiger charge is -2.24. The van der Waals surface area contributed by atoms with Crippen molar-refractivity contribution in [1.29, 1.82) is 0 Å². The Balaban J connectivity index is 1.26. The van der Waals surface area contributed by atoms with Gasteiger partial charge in [0.05, 0.1) is 5.56 Å². The molecule has 2 heterocycles. The maximum absolute atomic E-state index is 6.82. The molecule has 0 fully saturated rings. The summed E-state index contributed by atoms with van der Waals surface area (Å²) in [6.07, 6.45) is 6.59. The van der Waals surface area contributed by atoms with E-state index in [1.54, 1.807) is 0 Å². The highest BCUT2D eigenvalue weighted by Crippen LogP contribution is 2.51. The fourth-order valence-corrected chi connectivity index (χ4v) is 8.56. The number of furan rings is 2. The summed E-state index contributed by atoms with van der Waals surface area (Å²) in [6.45, 7) is 0. The van der Waals surface area contributed by atoms with E-state index in [1.165, 1.54) is 60.5 Å². The maximum atomic E-state index is 6.82. The predicted molar refractivity (Wildman–Crippen MR) is 210 cm³/mol. The first-order valence-electron chi connectivity index (χ1n) is 17.4. The molecule has 1 aliphatic rings. The maximum Gasteiger partial charge on any atom is 0.147 e. The SMILES string of the molecule is C1=Cc2c(c(-c3c4oc5ccccc5c4cc4c3oc3ccccc34)c3ccccc3c2-c2cccc(-c3cccc4ccccc34)c2)CC1. The van der Waals surface area contributed by atoms with Gasteiger partial charge in [-0.15, -0.1) is 0 Å². The zero-order valence-electron chi connectivity index (χ0n) is 27.2. The van der Waals surface area contributed by atoms with Crippen LogP contribution < -0.4 is 0 Å². The molecule has 0 saturated heterocycles. The van der Waals surface area contributed by atoms with Gasteiger partial charge < -0.3 is 8.83 Å². The van der Waals surface area contributed by atoms with Crippen LogP contribution in [0.25, 0.3) is 105 Å². The Kier molecular flexibility index (Phi) is 5.82. The summed E-state index contributed by atoms with van der Waals surface area (Å²) in [5.41, 5.74) is 13.4. The Bertz CT molecular complexity index is 2950. The van der Waals surface area contributed by atoms with Gasteiger partial charge in [0.25, 0.3) is 0 Å². The number of allylic oxidation sites excluding steroid dienone is 1. The third-order valence-electron chi connectivity index (χ3n) is 10.7. The van der Waals surface area contributed by atoms with Crippen molar-refractivity contribution in [2.24, 2.45) is 0 Å². The minimum Gasteiger partial charge on any atom is -0.455 e. The highest BCUT2D eigenvalue weighted by Gasteiger charge is 2.28. The molecule has 1 aliphatic carbocycles.